The summed E-state index contributed by atoms with van der Waals surface area (Å²) in [4.78, 5) is 4.35. The molecule has 0 unspecified atom stereocenters. The molecule has 1 aromatic carbocycles. The molecular formula is C12H11BrClNO2. The summed E-state index contributed by atoms with van der Waals surface area (Å²) in [7, 11) is 1.62. The minimum absolute atomic E-state index is 0.339. The predicted molar refractivity (Wildman–Crippen MR) is 70.5 cm³/mol. The number of aryl methyl sites for hydroxylation is 1. The number of rotatable bonds is 3. The van der Waals surface area contributed by atoms with Crippen molar-refractivity contribution in [2.24, 2.45) is 0 Å². The molecule has 0 spiro atoms. The van der Waals surface area contributed by atoms with Crippen molar-refractivity contribution in [3.05, 3.63) is 34.1 Å². The maximum atomic E-state index is 5.77. The highest BCUT2D eigenvalue weighted by Gasteiger charge is 2.15. The van der Waals surface area contributed by atoms with Crippen molar-refractivity contribution in [3.63, 3.8) is 0 Å². The highest BCUT2D eigenvalue weighted by atomic mass is 79.9. The Morgan fingerprint density at radius 2 is 2.24 bits per heavy atom. The molecule has 0 atom stereocenters. The lowest BCUT2D eigenvalue weighted by Crippen LogP contribution is -1.88. The van der Waals surface area contributed by atoms with Crippen LogP contribution in [0.1, 0.15) is 11.5 Å². The Morgan fingerprint density at radius 1 is 1.47 bits per heavy atom. The monoisotopic (exact) mass is 315 g/mol. The van der Waals surface area contributed by atoms with Crippen LogP contribution in [-0.4, -0.2) is 12.1 Å². The lowest BCUT2D eigenvalue weighted by atomic mass is 10.2. The number of nitrogens with zero attached hydrogens (tertiary/aromatic N) is 1. The first-order chi connectivity index (χ1) is 8.15. The summed E-state index contributed by atoms with van der Waals surface area (Å²) in [5, 5.41) is 0. The van der Waals surface area contributed by atoms with Crippen LogP contribution in [-0.2, 0) is 5.88 Å². The van der Waals surface area contributed by atoms with Gasteiger partial charge in [-0.3, -0.25) is 0 Å². The van der Waals surface area contributed by atoms with Gasteiger partial charge in [0.25, 0.3) is 0 Å². The number of hydrogen-bond acceptors (Lipinski definition) is 3. The molecule has 0 aliphatic heterocycles. The Kier molecular flexibility index (Phi) is 3.74. The van der Waals surface area contributed by atoms with Gasteiger partial charge in [0.1, 0.15) is 11.5 Å². The van der Waals surface area contributed by atoms with Crippen LogP contribution in [0.3, 0.4) is 0 Å². The van der Waals surface area contributed by atoms with Gasteiger partial charge in [-0.2, -0.15) is 0 Å². The van der Waals surface area contributed by atoms with Crippen molar-refractivity contribution in [1.29, 1.82) is 0 Å². The zero-order valence-electron chi connectivity index (χ0n) is 9.46. The third-order valence-electron chi connectivity index (χ3n) is 2.41. The SMILES string of the molecule is COc1ccc(Br)cc1-c1nc(CCl)c(C)o1. The van der Waals surface area contributed by atoms with Gasteiger partial charge in [0, 0.05) is 4.47 Å². The summed E-state index contributed by atoms with van der Waals surface area (Å²) in [6, 6.07) is 5.67. The lowest BCUT2D eigenvalue weighted by Gasteiger charge is -2.05. The molecule has 5 heteroatoms. The fourth-order valence-electron chi connectivity index (χ4n) is 1.51. The molecule has 0 amide bonds. The third kappa shape index (κ3) is 2.48. The second kappa shape index (κ2) is 5.10. The van der Waals surface area contributed by atoms with Crippen molar-refractivity contribution in [3.8, 4) is 17.2 Å². The molecule has 1 aromatic heterocycles. The number of ether oxygens (including phenoxy) is 1. The third-order valence-corrected chi connectivity index (χ3v) is 3.16. The molecule has 17 heavy (non-hydrogen) atoms. The summed E-state index contributed by atoms with van der Waals surface area (Å²) in [5.74, 6) is 2.31. The first-order valence-electron chi connectivity index (χ1n) is 5.02. The molecule has 2 aromatic rings. The van der Waals surface area contributed by atoms with Crippen molar-refractivity contribution >= 4 is 27.5 Å². The standard InChI is InChI=1S/C12H11BrClNO2/c1-7-10(6-14)15-12(17-7)9-5-8(13)3-4-11(9)16-2/h3-5H,6H2,1-2H3. The van der Waals surface area contributed by atoms with Gasteiger partial charge < -0.3 is 9.15 Å². The highest BCUT2D eigenvalue weighted by Crippen LogP contribution is 2.33. The minimum atomic E-state index is 0.339. The van der Waals surface area contributed by atoms with Gasteiger partial charge in [-0.05, 0) is 25.1 Å². The van der Waals surface area contributed by atoms with E-state index in [4.69, 9.17) is 20.8 Å². The van der Waals surface area contributed by atoms with Crippen LogP contribution < -0.4 is 4.74 Å². The maximum Gasteiger partial charge on any atom is 0.230 e. The molecule has 0 N–H and O–H groups in total. The fourth-order valence-corrected chi connectivity index (χ4v) is 2.12. The van der Waals surface area contributed by atoms with Gasteiger partial charge in [0.05, 0.1) is 24.2 Å². The second-order valence-corrected chi connectivity index (χ2v) is 4.68. The van der Waals surface area contributed by atoms with Gasteiger partial charge >= 0.3 is 0 Å². The largest absolute Gasteiger partial charge is 0.496 e. The zero-order valence-corrected chi connectivity index (χ0v) is 11.8. The average Bonchev–Trinajstić information content (AvgIpc) is 2.70. The Bertz CT molecular complexity index is 539. The first kappa shape index (κ1) is 12.5. The summed E-state index contributed by atoms with van der Waals surface area (Å²) in [6.07, 6.45) is 0. The van der Waals surface area contributed by atoms with Gasteiger partial charge in [-0.15, -0.1) is 11.6 Å². The van der Waals surface area contributed by atoms with E-state index in [2.05, 4.69) is 20.9 Å². The Hall–Kier alpha value is -1.00. The number of alkyl halides is 1. The van der Waals surface area contributed by atoms with Gasteiger partial charge in [0.15, 0.2) is 0 Å². The summed E-state index contributed by atoms with van der Waals surface area (Å²) < 4.78 is 11.8. The molecule has 0 aliphatic carbocycles. The molecule has 0 fully saturated rings. The number of methoxy groups -OCH3 is 1. The maximum absolute atomic E-state index is 5.77. The number of halogens is 2. The van der Waals surface area contributed by atoms with Crippen molar-refractivity contribution in [2.45, 2.75) is 12.8 Å². The topological polar surface area (TPSA) is 35.3 Å². The molecule has 1 heterocycles. The van der Waals surface area contributed by atoms with E-state index < -0.39 is 0 Å². The molecule has 0 radical (unpaired) electrons. The van der Waals surface area contributed by atoms with Crippen molar-refractivity contribution in [2.75, 3.05) is 7.11 Å². The summed E-state index contributed by atoms with van der Waals surface area (Å²) in [5.41, 5.74) is 1.56. The number of hydrogen-bond donors (Lipinski definition) is 0. The Morgan fingerprint density at radius 3 is 2.82 bits per heavy atom. The molecule has 3 nitrogen and oxygen atoms in total. The second-order valence-electron chi connectivity index (χ2n) is 3.50. The summed E-state index contributed by atoms with van der Waals surface area (Å²) in [6.45, 7) is 1.85. The van der Waals surface area contributed by atoms with Crippen LogP contribution >= 0.6 is 27.5 Å². The van der Waals surface area contributed by atoms with Gasteiger partial charge in [-0.25, -0.2) is 4.98 Å². The number of benzene rings is 1. The number of aromatic nitrogens is 1. The van der Waals surface area contributed by atoms with Crippen LogP contribution in [0.4, 0.5) is 0 Å². The molecule has 90 valence electrons. The van der Waals surface area contributed by atoms with Crippen molar-refractivity contribution < 1.29 is 9.15 Å². The fraction of sp³-hybridized carbons (Fsp3) is 0.250. The van der Waals surface area contributed by atoms with E-state index in [1.807, 2.05) is 25.1 Å². The minimum Gasteiger partial charge on any atom is -0.496 e. The molecule has 0 saturated heterocycles. The first-order valence-corrected chi connectivity index (χ1v) is 6.34. The van der Waals surface area contributed by atoms with Crippen LogP contribution in [0.15, 0.2) is 27.1 Å². The zero-order chi connectivity index (χ0) is 12.4. The van der Waals surface area contributed by atoms with E-state index in [9.17, 15) is 0 Å². The number of oxazole rings is 1. The smallest absolute Gasteiger partial charge is 0.230 e. The van der Waals surface area contributed by atoms with Crippen LogP contribution in [0.2, 0.25) is 0 Å². The average molecular weight is 317 g/mol. The van der Waals surface area contributed by atoms with Crippen molar-refractivity contribution in [1.82, 2.24) is 4.98 Å². The van der Waals surface area contributed by atoms with Crippen LogP contribution in [0.25, 0.3) is 11.5 Å². The molecule has 0 saturated carbocycles. The van der Waals surface area contributed by atoms with Gasteiger partial charge in [-0.1, -0.05) is 15.9 Å². The highest BCUT2D eigenvalue weighted by molar-refractivity contribution is 9.10. The summed E-state index contributed by atoms with van der Waals surface area (Å²) >= 11 is 9.19. The van der Waals surface area contributed by atoms with Crippen LogP contribution in [0, 0.1) is 6.92 Å². The lowest BCUT2D eigenvalue weighted by molar-refractivity contribution is 0.414. The Labute approximate surface area is 113 Å². The van der Waals surface area contributed by atoms with Crippen LogP contribution in [0.5, 0.6) is 5.75 Å². The van der Waals surface area contributed by atoms with E-state index >= 15 is 0 Å². The van der Waals surface area contributed by atoms with Gasteiger partial charge in [0.2, 0.25) is 5.89 Å². The van der Waals surface area contributed by atoms with E-state index in [-0.39, 0.29) is 0 Å². The molecule has 0 bridgehead atoms. The quantitative estimate of drug-likeness (QED) is 0.798. The molecule has 2 rings (SSSR count). The Balaban J connectivity index is 2.54. The predicted octanol–water partition coefficient (Wildman–Crippen LogP) is 4.16. The molecule has 0 aliphatic rings. The van der Waals surface area contributed by atoms with E-state index in [0.717, 1.165) is 27.2 Å². The van der Waals surface area contributed by atoms with E-state index in [0.29, 0.717) is 11.8 Å². The molecular weight excluding hydrogens is 305 g/mol. The normalized spacial score (nSPS) is 10.6. The van der Waals surface area contributed by atoms with E-state index in [1.54, 1.807) is 7.11 Å². The van der Waals surface area contributed by atoms with E-state index in [1.165, 1.54) is 0 Å².